The van der Waals surface area contributed by atoms with Gasteiger partial charge in [0.15, 0.2) is 23.7 Å². The molecule has 216 valence electrons. The van der Waals surface area contributed by atoms with Gasteiger partial charge in [0.2, 0.25) is 5.78 Å². The molecule has 4 unspecified atom stereocenters. The number of rotatable bonds is 7. The molecule has 0 amide bonds. The van der Waals surface area contributed by atoms with Crippen LogP contribution in [-0.4, -0.2) is 63.6 Å². The standard InChI is InChI=1S/C29H37BrF2O7/c1-6-8-22(37)38-14-20(35)29(39-21(36)7-2)15(3)11-17-23-24(30)25(31)18-12-16(33)9-10-26(18,4)28(23,32)19(34)13-27(17,29)5/h9-10,12,15,17,19,23-25,34H,6-8,11,13-14H2,1-5H3/t15?,17-,19?,23+,24?,25?,26-,27-,28+,29-/m0/s1. The quantitative estimate of drug-likeness (QED) is 0.332. The minimum absolute atomic E-state index is 0.0319. The molecule has 0 heterocycles. The zero-order chi connectivity index (χ0) is 29.1. The van der Waals surface area contributed by atoms with Gasteiger partial charge in [0, 0.05) is 35.5 Å². The third-order valence-electron chi connectivity index (χ3n) is 9.98. The number of alkyl halides is 3. The van der Waals surface area contributed by atoms with Gasteiger partial charge in [-0.1, -0.05) is 49.7 Å². The molecule has 3 fully saturated rings. The zero-order valence-corrected chi connectivity index (χ0v) is 24.6. The van der Waals surface area contributed by atoms with E-state index in [1.807, 2.05) is 0 Å². The van der Waals surface area contributed by atoms with Crippen molar-refractivity contribution in [3.63, 3.8) is 0 Å². The molecule has 0 radical (unpaired) electrons. The third kappa shape index (κ3) is 4.02. The highest BCUT2D eigenvalue weighted by molar-refractivity contribution is 9.09. The molecule has 0 aromatic heterocycles. The highest BCUT2D eigenvalue weighted by Crippen LogP contribution is 2.72. The van der Waals surface area contributed by atoms with Gasteiger partial charge in [0.1, 0.15) is 6.17 Å². The SMILES string of the molecule is CCCC(=O)OCC(=O)[C@@]1(OC(=O)CC)C(C)C[C@H]2[C@@H]3C(Br)C(F)C4=CC(=O)C=C[C@]4(C)[C@@]3(F)C(O)C[C@@]21C. The van der Waals surface area contributed by atoms with Gasteiger partial charge in [0.05, 0.1) is 10.9 Å². The Morgan fingerprint density at radius 1 is 1.21 bits per heavy atom. The number of ether oxygens (including phenoxy) is 2. The van der Waals surface area contributed by atoms with Crippen LogP contribution in [0.3, 0.4) is 0 Å². The van der Waals surface area contributed by atoms with Crippen LogP contribution in [0.1, 0.15) is 66.7 Å². The highest BCUT2D eigenvalue weighted by atomic mass is 79.9. The second-order valence-electron chi connectivity index (χ2n) is 12.0. The van der Waals surface area contributed by atoms with Gasteiger partial charge >= 0.3 is 11.9 Å². The Balaban J connectivity index is 1.84. The summed E-state index contributed by atoms with van der Waals surface area (Å²) in [6.45, 7) is 7.63. The van der Waals surface area contributed by atoms with Crippen molar-refractivity contribution in [1.82, 2.24) is 0 Å². The highest BCUT2D eigenvalue weighted by Gasteiger charge is 2.79. The van der Waals surface area contributed by atoms with Crippen molar-refractivity contribution < 1.29 is 42.5 Å². The first kappa shape index (κ1) is 30.0. The van der Waals surface area contributed by atoms with Crippen LogP contribution in [-0.2, 0) is 28.7 Å². The van der Waals surface area contributed by atoms with Gasteiger partial charge in [-0.05, 0) is 49.8 Å². The third-order valence-corrected chi connectivity index (χ3v) is 11.0. The summed E-state index contributed by atoms with van der Waals surface area (Å²) in [5.41, 5.74) is -7.16. The zero-order valence-electron chi connectivity index (χ0n) is 23.0. The van der Waals surface area contributed by atoms with Crippen LogP contribution in [0.2, 0.25) is 0 Å². The summed E-state index contributed by atoms with van der Waals surface area (Å²) in [5, 5.41) is 11.6. The largest absolute Gasteiger partial charge is 0.457 e. The van der Waals surface area contributed by atoms with Gasteiger partial charge in [-0.2, -0.15) is 0 Å². The number of carbonyl (C=O) groups is 4. The summed E-state index contributed by atoms with van der Waals surface area (Å²) in [6, 6.07) is 0. The van der Waals surface area contributed by atoms with Crippen molar-refractivity contribution in [3.05, 3.63) is 23.8 Å². The summed E-state index contributed by atoms with van der Waals surface area (Å²) in [5.74, 6) is -4.80. The van der Waals surface area contributed by atoms with Crippen LogP contribution in [0.5, 0.6) is 0 Å². The Morgan fingerprint density at radius 3 is 2.49 bits per heavy atom. The van der Waals surface area contributed by atoms with E-state index in [0.717, 1.165) is 6.08 Å². The number of fused-ring (bicyclic) bond motifs is 5. The molecule has 4 rings (SSSR count). The van der Waals surface area contributed by atoms with E-state index < -0.39 is 87.1 Å². The Bertz CT molecular complexity index is 1140. The molecule has 0 spiro atoms. The van der Waals surface area contributed by atoms with Crippen molar-refractivity contribution in [3.8, 4) is 0 Å². The number of carbonyl (C=O) groups excluding carboxylic acids is 4. The molecule has 1 N–H and O–H groups in total. The molecule has 0 bridgehead atoms. The molecule has 0 aromatic rings. The first-order valence-corrected chi connectivity index (χ1v) is 14.6. The predicted molar refractivity (Wildman–Crippen MR) is 141 cm³/mol. The second kappa shape index (κ2) is 10.2. The number of halogens is 3. The molecule has 4 aliphatic carbocycles. The van der Waals surface area contributed by atoms with Crippen LogP contribution in [0.25, 0.3) is 0 Å². The first-order valence-electron chi connectivity index (χ1n) is 13.7. The number of aliphatic hydroxyl groups is 1. The molecule has 3 saturated carbocycles. The number of aliphatic hydroxyl groups excluding tert-OH is 1. The molecule has 10 atom stereocenters. The molecule has 10 heteroatoms. The van der Waals surface area contributed by atoms with E-state index >= 15 is 8.78 Å². The number of Topliss-reactive ketones (excluding diaryl/α,β-unsaturated/α-hetero) is 1. The fourth-order valence-corrected chi connectivity index (χ4v) is 9.15. The number of allylic oxidation sites excluding steroid dienone is 4. The van der Waals surface area contributed by atoms with E-state index in [2.05, 4.69) is 15.9 Å². The summed E-state index contributed by atoms with van der Waals surface area (Å²) in [4.78, 5) is 49.8. The fourth-order valence-electron chi connectivity index (χ4n) is 8.12. The van der Waals surface area contributed by atoms with Crippen LogP contribution in [0, 0.1) is 28.6 Å². The number of hydrogen-bond donors (Lipinski definition) is 1. The van der Waals surface area contributed by atoms with E-state index in [1.54, 1.807) is 27.7 Å². The lowest BCUT2D eigenvalue weighted by Gasteiger charge is -2.64. The maximum atomic E-state index is 17.6. The Kier molecular flexibility index (Phi) is 7.82. The van der Waals surface area contributed by atoms with Gasteiger partial charge in [0.25, 0.3) is 0 Å². The van der Waals surface area contributed by atoms with Gasteiger partial charge in [-0.15, -0.1) is 0 Å². The van der Waals surface area contributed by atoms with E-state index in [4.69, 9.17) is 9.47 Å². The average molecular weight is 616 g/mol. The lowest BCUT2D eigenvalue weighted by atomic mass is 9.44. The lowest BCUT2D eigenvalue weighted by Crippen LogP contribution is -2.73. The first-order chi connectivity index (χ1) is 18.1. The smallest absolute Gasteiger partial charge is 0.306 e. The van der Waals surface area contributed by atoms with Crippen molar-refractivity contribution in [2.45, 2.75) is 95.1 Å². The van der Waals surface area contributed by atoms with Crippen molar-refractivity contribution in [2.24, 2.45) is 28.6 Å². The minimum Gasteiger partial charge on any atom is -0.457 e. The Hall–Kier alpha value is -1.94. The average Bonchev–Trinajstić information content (AvgIpc) is 3.09. The summed E-state index contributed by atoms with van der Waals surface area (Å²) < 4.78 is 44.8. The number of esters is 2. The molecule has 0 aliphatic heterocycles. The number of hydrogen-bond acceptors (Lipinski definition) is 7. The Morgan fingerprint density at radius 2 is 1.87 bits per heavy atom. The maximum Gasteiger partial charge on any atom is 0.306 e. The predicted octanol–water partition coefficient (Wildman–Crippen LogP) is 4.53. The maximum absolute atomic E-state index is 17.6. The number of ketones is 2. The van der Waals surface area contributed by atoms with Crippen molar-refractivity contribution >= 4 is 39.4 Å². The van der Waals surface area contributed by atoms with E-state index in [9.17, 15) is 24.3 Å². The Labute approximate surface area is 235 Å². The monoisotopic (exact) mass is 614 g/mol. The molecule has 0 aromatic carbocycles. The topological polar surface area (TPSA) is 107 Å². The molecule has 0 saturated heterocycles. The molecule has 4 aliphatic rings. The normalized spacial score (nSPS) is 44.5. The van der Waals surface area contributed by atoms with Gasteiger partial charge < -0.3 is 14.6 Å². The van der Waals surface area contributed by atoms with Gasteiger partial charge in [-0.25, -0.2) is 8.78 Å². The van der Waals surface area contributed by atoms with Crippen LogP contribution in [0.4, 0.5) is 8.78 Å². The van der Waals surface area contributed by atoms with Crippen LogP contribution in [0.15, 0.2) is 23.8 Å². The van der Waals surface area contributed by atoms with E-state index in [1.165, 1.54) is 19.1 Å². The molecule has 7 nitrogen and oxygen atoms in total. The summed E-state index contributed by atoms with van der Waals surface area (Å²) in [6.07, 6.45) is 0.773. The van der Waals surface area contributed by atoms with Crippen LogP contribution >= 0.6 is 15.9 Å². The minimum atomic E-state index is -2.39. The van der Waals surface area contributed by atoms with Crippen LogP contribution < -0.4 is 0 Å². The molecular formula is C29H37BrF2O7. The molecular weight excluding hydrogens is 578 g/mol. The molecule has 39 heavy (non-hydrogen) atoms. The van der Waals surface area contributed by atoms with Crippen molar-refractivity contribution in [1.29, 1.82) is 0 Å². The second-order valence-corrected chi connectivity index (χ2v) is 13.0. The lowest BCUT2D eigenvalue weighted by molar-refractivity contribution is -0.230. The summed E-state index contributed by atoms with van der Waals surface area (Å²) >= 11 is 3.39. The summed E-state index contributed by atoms with van der Waals surface area (Å²) in [7, 11) is 0. The fraction of sp³-hybridized carbons (Fsp3) is 0.724. The van der Waals surface area contributed by atoms with Crippen molar-refractivity contribution in [2.75, 3.05) is 6.61 Å². The van der Waals surface area contributed by atoms with E-state index in [-0.39, 0.29) is 31.3 Å². The van der Waals surface area contributed by atoms with Gasteiger partial charge in [-0.3, -0.25) is 19.2 Å². The van der Waals surface area contributed by atoms with E-state index in [0.29, 0.717) is 6.42 Å².